The molecule has 1 amide bonds. The van der Waals surface area contributed by atoms with Crippen LogP contribution in [0.3, 0.4) is 0 Å². The van der Waals surface area contributed by atoms with Crippen molar-refractivity contribution in [1.82, 2.24) is 29.6 Å². The first kappa shape index (κ1) is 17.1. The number of rotatable bonds is 2. The van der Waals surface area contributed by atoms with Gasteiger partial charge in [-0.3, -0.25) is 9.69 Å². The number of fused-ring (bicyclic) bond motifs is 2. The molecule has 1 aliphatic carbocycles. The highest BCUT2D eigenvalue weighted by atomic mass is 16.2. The zero-order valence-corrected chi connectivity index (χ0v) is 16.1. The molecule has 5 rings (SSSR count). The van der Waals surface area contributed by atoms with Crippen LogP contribution in [0.15, 0.2) is 6.07 Å². The second-order valence-electron chi connectivity index (χ2n) is 8.38. The summed E-state index contributed by atoms with van der Waals surface area (Å²) in [5.41, 5.74) is 3.44. The number of hydrogen-bond donors (Lipinski definition) is 0. The Hall–Kier alpha value is -2.02. The van der Waals surface area contributed by atoms with Crippen molar-refractivity contribution >= 4 is 11.6 Å². The van der Waals surface area contributed by atoms with Crippen LogP contribution in [0.1, 0.15) is 61.5 Å². The standard InChI is InChI=1S/C20H28N6O/c1-24-10-3-2-7-17(20(24)27)25-11-8-14(9-12-25)19-22-21-18-13-15-5-4-6-16(15)23-26(18)19/h13-14,17H,2-12H2,1H3. The van der Waals surface area contributed by atoms with E-state index in [1.807, 2.05) is 16.5 Å². The number of nitrogens with zero attached hydrogens (tertiary/aromatic N) is 6. The van der Waals surface area contributed by atoms with Gasteiger partial charge in [-0.2, -0.15) is 9.61 Å². The average Bonchev–Trinajstić information content (AvgIpc) is 3.27. The van der Waals surface area contributed by atoms with Crippen LogP contribution < -0.4 is 0 Å². The van der Waals surface area contributed by atoms with Gasteiger partial charge in [0, 0.05) is 19.5 Å². The second kappa shape index (κ2) is 6.86. The fourth-order valence-corrected chi connectivity index (χ4v) is 5.03. The lowest BCUT2D eigenvalue weighted by Crippen LogP contribution is -2.49. The molecular weight excluding hydrogens is 340 g/mol. The summed E-state index contributed by atoms with van der Waals surface area (Å²) in [5.74, 6) is 1.68. The summed E-state index contributed by atoms with van der Waals surface area (Å²) in [5, 5.41) is 13.7. The third-order valence-corrected chi connectivity index (χ3v) is 6.66. The Bertz CT molecular complexity index is 854. The molecule has 0 radical (unpaired) electrons. The smallest absolute Gasteiger partial charge is 0.239 e. The summed E-state index contributed by atoms with van der Waals surface area (Å²) in [4.78, 5) is 17.0. The van der Waals surface area contributed by atoms with Crippen molar-refractivity contribution in [1.29, 1.82) is 0 Å². The number of aromatic nitrogens is 4. The number of hydrogen-bond acceptors (Lipinski definition) is 5. The number of piperidine rings is 1. The van der Waals surface area contributed by atoms with Gasteiger partial charge in [0.15, 0.2) is 11.5 Å². The van der Waals surface area contributed by atoms with Gasteiger partial charge < -0.3 is 4.90 Å². The predicted octanol–water partition coefficient (Wildman–Crippen LogP) is 1.80. The van der Waals surface area contributed by atoms with Gasteiger partial charge in [0.05, 0.1) is 11.7 Å². The van der Waals surface area contributed by atoms with Crippen LogP contribution in [0.5, 0.6) is 0 Å². The molecule has 2 saturated heterocycles. The largest absolute Gasteiger partial charge is 0.344 e. The Labute approximate surface area is 159 Å². The molecule has 0 aromatic carbocycles. The van der Waals surface area contributed by atoms with E-state index in [1.165, 1.54) is 17.7 Å². The Morgan fingerprint density at radius 2 is 1.85 bits per heavy atom. The van der Waals surface area contributed by atoms with Gasteiger partial charge in [-0.15, -0.1) is 10.2 Å². The molecule has 0 bridgehead atoms. The van der Waals surface area contributed by atoms with Crippen LogP contribution in [0.2, 0.25) is 0 Å². The number of amides is 1. The molecule has 0 saturated carbocycles. The molecule has 2 aromatic rings. The van der Waals surface area contributed by atoms with Crippen LogP contribution in [-0.2, 0) is 17.6 Å². The Morgan fingerprint density at radius 3 is 2.70 bits per heavy atom. The van der Waals surface area contributed by atoms with Crippen LogP contribution in [-0.4, -0.2) is 68.2 Å². The second-order valence-corrected chi connectivity index (χ2v) is 8.38. The molecule has 7 heteroatoms. The van der Waals surface area contributed by atoms with Gasteiger partial charge in [-0.25, -0.2) is 0 Å². The van der Waals surface area contributed by atoms with Crippen molar-refractivity contribution in [2.24, 2.45) is 0 Å². The van der Waals surface area contributed by atoms with E-state index in [2.05, 4.69) is 21.2 Å². The fraction of sp³-hybridized carbons (Fsp3) is 0.700. The summed E-state index contributed by atoms with van der Waals surface area (Å²) in [6.45, 7) is 2.80. The zero-order valence-electron chi connectivity index (χ0n) is 16.1. The summed E-state index contributed by atoms with van der Waals surface area (Å²) in [6.07, 6.45) is 8.68. The molecule has 2 aromatic heterocycles. The molecule has 0 spiro atoms. The SMILES string of the molecule is CN1CCCCC(N2CCC(c3nnc4cc5c(nn34)CCC5)CC2)C1=O. The summed E-state index contributed by atoms with van der Waals surface area (Å²) in [6, 6.07) is 2.23. The minimum atomic E-state index is 0.0648. The maximum atomic E-state index is 12.7. The van der Waals surface area contributed by atoms with E-state index in [-0.39, 0.29) is 6.04 Å². The monoisotopic (exact) mass is 368 g/mol. The minimum absolute atomic E-state index is 0.0648. The first-order valence-corrected chi connectivity index (χ1v) is 10.4. The quantitative estimate of drug-likeness (QED) is 0.809. The highest BCUT2D eigenvalue weighted by Gasteiger charge is 2.34. The number of carbonyl (C=O) groups is 1. The van der Waals surface area contributed by atoms with E-state index in [1.54, 1.807) is 0 Å². The Balaban J connectivity index is 1.32. The fourth-order valence-electron chi connectivity index (χ4n) is 5.03. The van der Waals surface area contributed by atoms with Crippen molar-refractivity contribution in [3.05, 3.63) is 23.1 Å². The van der Waals surface area contributed by atoms with E-state index < -0.39 is 0 Å². The summed E-state index contributed by atoms with van der Waals surface area (Å²) in [7, 11) is 1.94. The molecule has 1 unspecified atom stereocenters. The maximum absolute atomic E-state index is 12.7. The number of likely N-dealkylation sites (tertiary alicyclic amines) is 2. The molecule has 3 aliphatic rings. The maximum Gasteiger partial charge on any atom is 0.239 e. The van der Waals surface area contributed by atoms with Crippen molar-refractivity contribution in [3.8, 4) is 0 Å². The van der Waals surface area contributed by atoms with Crippen LogP contribution >= 0.6 is 0 Å². The molecule has 27 heavy (non-hydrogen) atoms. The van der Waals surface area contributed by atoms with E-state index in [9.17, 15) is 4.79 Å². The first-order chi connectivity index (χ1) is 13.2. The molecule has 7 nitrogen and oxygen atoms in total. The van der Waals surface area contributed by atoms with Crippen molar-refractivity contribution in [2.45, 2.75) is 63.3 Å². The van der Waals surface area contributed by atoms with Gasteiger partial charge in [-0.05, 0) is 76.1 Å². The van der Waals surface area contributed by atoms with E-state index in [0.29, 0.717) is 11.8 Å². The van der Waals surface area contributed by atoms with Gasteiger partial charge in [0.2, 0.25) is 5.91 Å². The molecule has 1 atom stereocenters. The lowest BCUT2D eigenvalue weighted by molar-refractivity contribution is -0.135. The molecule has 2 aliphatic heterocycles. The summed E-state index contributed by atoms with van der Waals surface area (Å²) >= 11 is 0. The van der Waals surface area contributed by atoms with Crippen LogP contribution in [0, 0.1) is 0 Å². The van der Waals surface area contributed by atoms with Crippen molar-refractivity contribution < 1.29 is 4.79 Å². The Kier molecular flexibility index (Phi) is 4.34. The van der Waals surface area contributed by atoms with Crippen LogP contribution in [0.25, 0.3) is 5.65 Å². The van der Waals surface area contributed by atoms with Gasteiger partial charge in [0.1, 0.15) is 0 Å². The Morgan fingerprint density at radius 1 is 1.00 bits per heavy atom. The molecule has 0 N–H and O–H groups in total. The topological polar surface area (TPSA) is 66.6 Å². The molecular formula is C20H28N6O. The number of carbonyl (C=O) groups excluding carboxylic acids is 1. The lowest BCUT2D eigenvalue weighted by Gasteiger charge is -2.36. The van der Waals surface area contributed by atoms with Gasteiger partial charge in [-0.1, -0.05) is 0 Å². The van der Waals surface area contributed by atoms with Crippen molar-refractivity contribution in [2.75, 3.05) is 26.7 Å². The normalized spacial score (nSPS) is 25.1. The van der Waals surface area contributed by atoms with Gasteiger partial charge >= 0.3 is 0 Å². The minimum Gasteiger partial charge on any atom is -0.344 e. The average molecular weight is 368 g/mol. The molecule has 144 valence electrons. The first-order valence-electron chi connectivity index (χ1n) is 10.4. The van der Waals surface area contributed by atoms with E-state index in [0.717, 1.165) is 76.1 Å². The van der Waals surface area contributed by atoms with Crippen molar-refractivity contribution in [3.63, 3.8) is 0 Å². The third kappa shape index (κ3) is 3.02. The van der Waals surface area contributed by atoms with E-state index >= 15 is 0 Å². The third-order valence-electron chi connectivity index (χ3n) is 6.66. The number of aryl methyl sites for hydroxylation is 2. The zero-order chi connectivity index (χ0) is 18.4. The molecule has 4 heterocycles. The van der Waals surface area contributed by atoms with Gasteiger partial charge in [0.25, 0.3) is 0 Å². The lowest BCUT2D eigenvalue weighted by atomic mass is 9.94. The highest BCUT2D eigenvalue weighted by Crippen LogP contribution is 2.30. The predicted molar refractivity (Wildman–Crippen MR) is 102 cm³/mol. The van der Waals surface area contributed by atoms with E-state index in [4.69, 9.17) is 5.10 Å². The summed E-state index contributed by atoms with van der Waals surface area (Å²) < 4.78 is 1.98. The number of likely N-dealkylation sites (N-methyl/N-ethyl adjacent to an activating group) is 1. The molecule has 2 fully saturated rings. The highest BCUT2D eigenvalue weighted by molar-refractivity contribution is 5.81. The van der Waals surface area contributed by atoms with Crippen LogP contribution in [0.4, 0.5) is 0 Å².